The predicted molar refractivity (Wildman–Crippen MR) is 72.8 cm³/mol. The van der Waals surface area contributed by atoms with Crippen molar-refractivity contribution in [2.45, 2.75) is 33.0 Å². The van der Waals surface area contributed by atoms with Gasteiger partial charge in [-0.2, -0.15) is 0 Å². The Balaban J connectivity index is 2.21. The van der Waals surface area contributed by atoms with Gasteiger partial charge in [0.25, 0.3) is 0 Å². The van der Waals surface area contributed by atoms with Crippen molar-refractivity contribution in [1.29, 1.82) is 0 Å². The number of rotatable bonds is 0. The van der Waals surface area contributed by atoms with Crippen LogP contribution in [0.15, 0.2) is 30.5 Å². The first-order valence-corrected chi connectivity index (χ1v) is 6.43. The van der Waals surface area contributed by atoms with Gasteiger partial charge in [0.05, 0.1) is 6.04 Å². The second kappa shape index (κ2) is 4.23. The monoisotopic (exact) mass is 256 g/mol. The van der Waals surface area contributed by atoms with Crippen LogP contribution in [0.4, 0.5) is 0 Å². The Morgan fingerprint density at radius 1 is 1.32 bits per heavy atom. The Kier molecular flexibility index (Phi) is 2.66. The van der Waals surface area contributed by atoms with Crippen molar-refractivity contribution < 1.29 is 9.53 Å². The maximum atomic E-state index is 11.7. The summed E-state index contributed by atoms with van der Waals surface area (Å²) < 4.78 is 5.93. The number of hydrogen-bond donors (Lipinski definition) is 0. The Bertz CT molecular complexity index is 654. The Labute approximate surface area is 112 Å². The molecule has 1 amide bonds. The van der Waals surface area contributed by atoms with Gasteiger partial charge in [-0.05, 0) is 19.9 Å². The van der Waals surface area contributed by atoms with Gasteiger partial charge in [-0.25, -0.2) is 0 Å². The SMILES string of the molecule is CC(=O)N1[C@H](C)Oc2c(ccc3cccnc23)[C@H]1C. The van der Waals surface area contributed by atoms with Crippen LogP contribution in [0.5, 0.6) is 5.75 Å². The molecule has 19 heavy (non-hydrogen) atoms. The first kappa shape index (κ1) is 12.0. The van der Waals surface area contributed by atoms with Crippen LogP contribution in [0.3, 0.4) is 0 Å². The molecule has 3 rings (SSSR count). The summed E-state index contributed by atoms with van der Waals surface area (Å²) in [5, 5.41) is 1.05. The molecule has 1 aromatic carbocycles. The van der Waals surface area contributed by atoms with Gasteiger partial charge in [0.1, 0.15) is 5.52 Å². The molecule has 1 aliphatic heterocycles. The summed E-state index contributed by atoms with van der Waals surface area (Å²) in [5.41, 5.74) is 1.88. The van der Waals surface area contributed by atoms with Gasteiger partial charge in [0.2, 0.25) is 5.91 Å². The van der Waals surface area contributed by atoms with Gasteiger partial charge in [-0.15, -0.1) is 0 Å². The van der Waals surface area contributed by atoms with Gasteiger partial charge in [0.15, 0.2) is 12.0 Å². The summed E-state index contributed by atoms with van der Waals surface area (Å²) in [4.78, 5) is 17.9. The molecule has 0 N–H and O–H groups in total. The molecule has 4 nitrogen and oxygen atoms in total. The quantitative estimate of drug-likeness (QED) is 0.728. The molecule has 0 radical (unpaired) electrons. The zero-order valence-corrected chi connectivity index (χ0v) is 11.3. The minimum Gasteiger partial charge on any atom is -0.468 e. The van der Waals surface area contributed by atoms with Crippen LogP contribution in [0.2, 0.25) is 0 Å². The van der Waals surface area contributed by atoms with Crippen LogP contribution in [0.25, 0.3) is 10.9 Å². The fourth-order valence-corrected chi connectivity index (χ4v) is 2.81. The number of fused-ring (bicyclic) bond motifs is 3. The van der Waals surface area contributed by atoms with Gasteiger partial charge in [-0.3, -0.25) is 9.78 Å². The van der Waals surface area contributed by atoms with E-state index in [2.05, 4.69) is 4.98 Å². The van der Waals surface area contributed by atoms with Crippen molar-refractivity contribution in [3.8, 4) is 5.75 Å². The average molecular weight is 256 g/mol. The smallest absolute Gasteiger partial charge is 0.222 e. The highest BCUT2D eigenvalue weighted by molar-refractivity contribution is 5.86. The summed E-state index contributed by atoms with van der Waals surface area (Å²) in [6.07, 6.45) is 1.49. The van der Waals surface area contributed by atoms with E-state index >= 15 is 0 Å². The summed E-state index contributed by atoms with van der Waals surface area (Å²) in [6.45, 7) is 5.48. The summed E-state index contributed by atoms with van der Waals surface area (Å²) in [7, 11) is 0. The van der Waals surface area contributed by atoms with Crippen molar-refractivity contribution in [2.75, 3.05) is 0 Å². The molecule has 0 spiro atoms. The summed E-state index contributed by atoms with van der Waals surface area (Å²) in [5.74, 6) is 0.822. The van der Waals surface area contributed by atoms with Gasteiger partial charge in [-0.1, -0.05) is 18.2 Å². The van der Waals surface area contributed by atoms with E-state index in [9.17, 15) is 4.79 Å². The zero-order chi connectivity index (χ0) is 13.6. The molecular weight excluding hydrogens is 240 g/mol. The van der Waals surface area contributed by atoms with Crippen LogP contribution in [-0.4, -0.2) is 22.0 Å². The van der Waals surface area contributed by atoms with Crippen LogP contribution in [0.1, 0.15) is 32.4 Å². The highest BCUT2D eigenvalue weighted by atomic mass is 16.5. The summed E-state index contributed by atoms with van der Waals surface area (Å²) in [6, 6.07) is 7.97. The standard InChI is InChI=1S/C15H16N2O2/c1-9-13-7-6-12-5-4-8-16-14(12)15(13)19-11(3)17(9)10(2)18/h4-9,11H,1-3H3/t9-,11+/m1/s1. The van der Waals surface area contributed by atoms with Crippen molar-refractivity contribution in [2.24, 2.45) is 0 Å². The Hall–Kier alpha value is -2.10. The number of amides is 1. The van der Waals surface area contributed by atoms with Crippen LogP contribution in [0, 0.1) is 0 Å². The van der Waals surface area contributed by atoms with Crippen LogP contribution < -0.4 is 4.74 Å². The number of carbonyl (C=O) groups is 1. The van der Waals surface area contributed by atoms with Gasteiger partial charge >= 0.3 is 0 Å². The number of benzene rings is 1. The molecule has 98 valence electrons. The number of ether oxygens (including phenoxy) is 1. The second-order valence-electron chi connectivity index (χ2n) is 4.88. The molecule has 2 aromatic rings. The third-order valence-corrected chi connectivity index (χ3v) is 3.67. The van der Waals surface area contributed by atoms with E-state index in [-0.39, 0.29) is 18.2 Å². The normalized spacial score (nSPS) is 21.9. The zero-order valence-electron chi connectivity index (χ0n) is 11.3. The Morgan fingerprint density at radius 2 is 2.11 bits per heavy atom. The lowest BCUT2D eigenvalue weighted by Crippen LogP contribution is -2.45. The lowest BCUT2D eigenvalue weighted by molar-refractivity contribution is -0.141. The first-order chi connectivity index (χ1) is 9.09. The lowest BCUT2D eigenvalue weighted by atomic mass is 10.0. The largest absolute Gasteiger partial charge is 0.468 e. The van der Waals surface area contributed by atoms with Crippen molar-refractivity contribution >= 4 is 16.8 Å². The molecule has 1 aromatic heterocycles. The molecule has 2 heterocycles. The molecule has 0 aliphatic carbocycles. The van der Waals surface area contributed by atoms with Crippen molar-refractivity contribution in [1.82, 2.24) is 9.88 Å². The third kappa shape index (κ3) is 1.75. The molecule has 0 saturated carbocycles. The maximum absolute atomic E-state index is 11.7. The molecule has 4 heteroatoms. The maximum Gasteiger partial charge on any atom is 0.222 e. The molecule has 0 saturated heterocycles. The van der Waals surface area contributed by atoms with E-state index in [1.54, 1.807) is 18.0 Å². The van der Waals surface area contributed by atoms with Crippen LogP contribution in [-0.2, 0) is 4.79 Å². The first-order valence-electron chi connectivity index (χ1n) is 6.43. The number of nitrogens with zero attached hydrogens (tertiary/aromatic N) is 2. The number of aromatic nitrogens is 1. The highest BCUT2D eigenvalue weighted by Gasteiger charge is 2.33. The van der Waals surface area contributed by atoms with Crippen LogP contribution >= 0.6 is 0 Å². The van der Waals surface area contributed by atoms with Crippen molar-refractivity contribution in [3.63, 3.8) is 0 Å². The van der Waals surface area contributed by atoms with Gasteiger partial charge in [0, 0.05) is 24.1 Å². The van der Waals surface area contributed by atoms with Crippen molar-refractivity contribution in [3.05, 3.63) is 36.0 Å². The fraction of sp³-hybridized carbons (Fsp3) is 0.333. The van der Waals surface area contributed by atoms with E-state index < -0.39 is 0 Å². The molecule has 2 atom stereocenters. The van der Waals surface area contributed by atoms with E-state index in [4.69, 9.17) is 4.74 Å². The Morgan fingerprint density at radius 3 is 2.84 bits per heavy atom. The highest BCUT2D eigenvalue weighted by Crippen LogP contribution is 2.40. The van der Waals surface area contributed by atoms with E-state index in [1.165, 1.54) is 0 Å². The minimum atomic E-state index is -0.271. The average Bonchev–Trinajstić information content (AvgIpc) is 2.38. The number of carbonyl (C=O) groups excluding carboxylic acids is 1. The minimum absolute atomic E-state index is 0.00246. The predicted octanol–water partition coefficient (Wildman–Crippen LogP) is 2.88. The molecule has 1 aliphatic rings. The van der Waals surface area contributed by atoms with E-state index in [1.807, 2.05) is 38.1 Å². The second-order valence-corrected chi connectivity index (χ2v) is 4.88. The number of pyridine rings is 1. The lowest BCUT2D eigenvalue weighted by Gasteiger charge is -2.39. The van der Waals surface area contributed by atoms with Gasteiger partial charge < -0.3 is 9.64 Å². The molecule has 0 fully saturated rings. The summed E-state index contributed by atoms with van der Waals surface area (Å²) >= 11 is 0. The van der Waals surface area contributed by atoms with E-state index in [0.29, 0.717) is 0 Å². The molecule has 0 unspecified atom stereocenters. The fourth-order valence-electron chi connectivity index (χ4n) is 2.81. The topological polar surface area (TPSA) is 42.4 Å². The number of hydrogen-bond acceptors (Lipinski definition) is 3. The molecular formula is C15H16N2O2. The molecule has 0 bridgehead atoms. The van der Waals surface area contributed by atoms with E-state index in [0.717, 1.165) is 22.2 Å². The third-order valence-electron chi connectivity index (χ3n) is 3.67.